The number of nitrogens with one attached hydrogen (secondary N) is 1. The van der Waals surface area contributed by atoms with Crippen LogP contribution in [0.3, 0.4) is 0 Å². The first-order valence-electron chi connectivity index (χ1n) is 8.60. The van der Waals surface area contributed by atoms with E-state index in [-0.39, 0.29) is 18.1 Å². The van der Waals surface area contributed by atoms with Gasteiger partial charge >= 0.3 is 0 Å². The number of ketones is 1. The standard InChI is InChI=1S/C18H23N5O3S/c1-4-23-16(10-9-15(19)25)21-22-18(23)27-12(3)17(26)20-14-7-5-13(6-8-14)11(2)24/h5-8,12H,4,9-10H2,1-3H3,(H2,19,25)(H,20,26)/t12-/m0/s1. The Labute approximate surface area is 161 Å². The first-order valence-corrected chi connectivity index (χ1v) is 9.48. The van der Waals surface area contributed by atoms with Crippen LogP contribution < -0.4 is 11.1 Å². The number of aromatic nitrogens is 3. The number of hydrogen-bond donors (Lipinski definition) is 2. The molecule has 0 saturated heterocycles. The summed E-state index contributed by atoms with van der Waals surface area (Å²) in [6, 6.07) is 6.74. The van der Waals surface area contributed by atoms with Gasteiger partial charge in [0.15, 0.2) is 10.9 Å². The van der Waals surface area contributed by atoms with Crippen LogP contribution in [-0.4, -0.2) is 37.6 Å². The average molecular weight is 389 g/mol. The van der Waals surface area contributed by atoms with Crippen molar-refractivity contribution in [1.29, 1.82) is 0 Å². The van der Waals surface area contributed by atoms with Gasteiger partial charge in [0.05, 0.1) is 5.25 Å². The van der Waals surface area contributed by atoms with Crippen molar-refractivity contribution in [3.8, 4) is 0 Å². The zero-order valence-electron chi connectivity index (χ0n) is 15.6. The molecular weight excluding hydrogens is 366 g/mol. The molecule has 27 heavy (non-hydrogen) atoms. The molecule has 2 amide bonds. The molecule has 8 nitrogen and oxygen atoms in total. The lowest BCUT2D eigenvalue weighted by Gasteiger charge is -2.13. The van der Waals surface area contributed by atoms with E-state index < -0.39 is 11.2 Å². The van der Waals surface area contributed by atoms with Gasteiger partial charge in [-0.1, -0.05) is 11.8 Å². The van der Waals surface area contributed by atoms with Crippen molar-refractivity contribution in [3.05, 3.63) is 35.7 Å². The van der Waals surface area contributed by atoms with Crippen LogP contribution in [0.2, 0.25) is 0 Å². The molecule has 144 valence electrons. The molecule has 0 aliphatic carbocycles. The van der Waals surface area contributed by atoms with Crippen LogP contribution in [0.5, 0.6) is 0 Å². The summed E-state index contributed by atoms with van der Waals surface area (Å²) in [5.74, 6) is 0.0763. The highest BCUT2D eigenvalue weighted by Crippen LogP contribution is 2.24. The monoisotopic (exact) mass is 389 g/mol. The molecule has 1 heterocycles. The van der Waals surface area contributed by atoms with Gasteiger partial charge in [-0.05, 0) is 45.0 Å². The minimum Gasteiger partial charge on any atom is -0.370 e. The van der Waals surface area contributed by atoms with Crippen LogP contribution in [0.1, 0.15) is 43.4 Å². The lowest BCUT2D eigenvalue weighted by Crippen LogP contribution is -2.23. The van der Waals surface area contributed by atoms with Gasteiger partial charge in [0.25, 0.3) is 0 Å². The van der Waals surface area contributed by atoms with Crippen LogP contribution in [0.4, 0.5) is 5.69 Å². The van der Waals surface area contributed by atoms with E-state index in [9.17, 15) is 14.4 Å². The van der Waals surface area contributed by atoms with Crippen LogP contribution in [0, 0.1) is 0 Å². The smallest absolute Gasteiger partial charge is 0.237 e. The highest BCUT2D eigenvalue weighted by Gasteiger charge is 2.20. The molecule has 1 atom stereocenters. The average Bonchev–Trinajstić information content (AvgIpc) is 3.01. The maximum Gasteiger partial charge on any atom is 0.237 e. The Morgan fingerprint density at radius 2 is 1.89 bits per heavy atom. The minimum atomic E-state index is -0.407. The number of Topliss-reactive ketones (excluding diaryl/α,β-unsaturated/α-hetero) is 1. The topological polar surface area (TPSA) is 120 Å². The van der Waals surface area contributed by atoms with Crippen molar-refractivity contribution < 1.29 is 14.4 Å². The summed E-state index contributed by atoms with van der Waals surface area (Å²) >= 11 is 1.29. The van der Waals surface area contributed by atoms with Gasteiger partial charge in [-0.3, -0.25) is 14.4 Å². The van der Waals surface area contributed by atoms with Crippen molar-refractivity contribution in [2.75, 3.05) is 5.32 Å². The van der Waals surface area contributed by atoms with Gasteiger partial charge < -0.3 is 15.6 Å². The van der Waals surface area contributed by atoms with Crippen molar-refractivity contribution in [2.24, 2.45) is 5.73 Å². The molecule has 0 bridgehead atoms. The van der Waals surface area contributed by atoms with E-state index in [0.717, 1.165) is 0 Å². The summed E-state index contributed by atoms with van der Waals surface area (Å²) in [7, 11) is 0. The van der Waals surface area contributed by atoms with Gasteiger partial charge in [-0.25, -0.2) is 0 Å². The third kappa shape index (κ3) is 5.65. The summed E-state index contributed by atoms with van der Waals surface area (Å²) in [4.78, 5) is 34.7. The summed E-state index contributed by atoms with van der Waals surface area (Å²) in [5, 5.41) is 11.3. The van der Waals surface area contributed by atoms with Crippen molar-refractivity contribution in [3.63, 3.8) is 0 Å². The minimum absolute atomic E-state index is 0.0251. The predicted molar refractivity (Wildman–Crippen MR) is 104 cm³/mol. The lowest BCUT2D eigenvalue weighted by molar-refractivity contribution is -0.118. The van der Waals surface area contributed by atoms with Gasteiger partial charge in [0, 0.05) is 30.6 Å². The molecule has 0 aliphatic heterocycles. The summed E-state index contributed by atoms with van der Waals surface area (Å²) < 4.78 is 1.87. The van der Waals surface area contributed by atoms with Gasteiger partial charge in [-0.15, -0.1) is 10.2 Å². The van der Waals surface area contributed by atoms with Gasteiger partial charge in [0.1, 0.15) is 5.82 Å². The second-order valence-corrected chi connectivity index (χ2v) is 7.30. The maximum absolute atomic E-state index is 12.4. The quantitative estimate of drug-likeness (QED) is 0.500. The maximum atomic E-state index is 12.4. The third-order valence-electron chi connectivity index (χ3n) is 3.92. The van der Waals surface area contributed by atoms with Crippen molar-refractivity contribution in [1.82, 2.24) is 14.8 Å². The second kappa shape index (κ2) is 9.31. The Balaban J connectivity index is 2.01. The molecule has 0 fully saturated rings. The zero-order valence-corrected chi connectivity index (χ0v) is 16.4. The molecule has 9 heteroatoms. The molecular formula is C18H23N5O3S. The first-order chi connectivity index (χ1) is 12.8. The number of thioether (sulfide) groups is 1. The van der Waals surface area contributed by atoms with E-state index in [1.807, 2.05) is 11.5 Å². The number of nitrogens with two attached hydrogens (primary N) is 1. The number of primary amides is 1. The van der Waals surface area contributed by atoms with Crippen molar-refractivity contribution in [2.45, 2.75) is 50.6 Å². The Morgan fingerprint density at radius 3 is 2.44 bits per heavy atom. The van der Waals surface area contributed by atoms with Crippen LogP contribution in [0.15, 0.2) is 29.4 Å². The summed E-state index contributed by atoms with van der Waals surface area (Å²) in [6.45, 7) is 5.85. The molecule has 0 spiro atoms. The fraction of sp³-hybridized carbons (Fsp3) is 0.389. The predicted octanol–water partition coefficient (Wildman–Crippen LogP) is 2.04. The van der Waals surface area contributed by atoms with E-state index in [0.29, 0.717) is 35.2 Å². The van der Waals surface area contributed by atoms with E-state index in [1.54, 1.807) is 31.2 Å². The lowest BCUT2D eigenvalue weighted by atomic mass is 10.1. The number of nitrogens with zero attached hydrogens (tertiary/aromatic N) is 3. The number of amides is 2. The second-order valence-electron chi connectivity index (χ2n) is 5.99. The molecule has 2 aromatic rings. The Kier molecular flexibility index (Phi) is 7.12. The van der Waals surface area contributed by atoms with Crippen LogP contribution in [0.25, 0.3) is 0 Å². The van der Waals surface area contributed by atoms with Crippen molar-refractivity contribution >= 4 is 35.0 Å². The highest BCUT2D eigenvalue weighted by atomic mass is 32.2. The number of carbonyl (C=O) groups is 3. The highest BCUT2D eigenvalue weighted by molar-refractivity contribution is 8.00. The molecule has 3 N–H and O–H groups in total. The SMILES string of the molecule is CCn1c(CCC(N)=O)nnc1S[C@@H](C)C(=O)Nc1ccc(C(C)=O)cc1. The fourth-order valence-corrected chi connectivity index (χ4v) is 3.32. The number of anilines is 1. The molecule has 0 saturated carbocycles. The summed E-state index contributed by atoms with van der Waals surface area (Å²) in [6.07, 6.45) is 0.620. The number of carbonyl (C=O) groups excluding carboxylic acids is 3. The van der Waals surface area contributed by atoms with Crippen LogP contribution >= 0.6 is 11.8 Å². The third-order valence-corrected chi connectivity index (χ3v) is 5.00. The number of rotatable bonds is 9. The fourth-order valence-electron chi connectivity index (χ4n) is 2.39. The Bertz CT molecular complexity index is 832. The van der Waals surface area contributed by atoms with E-state index in [1.165, 1.54) is 18.7 Å². The normalized spacial score (nSPS) is 11.8. The molecule has 0 unspecified atom stereocenters. The molecule has 1 aromatic heterocycles. The summed E-state index contributed by atoms with van der Waals surface area (Å²) in [5.41, 5.74) is 6.40. The number of aryl methyl sites for hydroxylation is 1. The number of benzene rings is 1. The Hall–Kier alpha value is -2.68. The van der Waals surface area contributed by atoms with E-state index in [2.05, 4.69) is 15.5 Å². The molecule has 0 aliphatic rings. The molecule has 0 radical (unpaired) electrons. The van der Waals surface area contributed by atoms with Crippen LogP contribution in [-0.2, 0) is 22.6 Å². The van der Waals surface area contributed by atoms with E-state index in [4.69, 9.17) is 5.73 Å². The van der Waals surface area contributed by atoms with Gasteiger partial charge in [0.2, 0.25) is 11.8 Å². The largest absolute Gasteiger partial charge is 0.370 e. The van der Waals surface area contributed by atoms with E-state index >= 15 is 0 Å². The number of hydrogen-bond acceptors (Lipinski definition) is 6. The Morgan fingerprint density at radius 1 is 1.22 bits per heavy atom. The van der Waals surface area contributed by atoms with Gasteiger partial charge in [-0.2, -0.15) is 0 Å². The zero-order chi connectivity index (χ0) is 20.0. The molecule has 1 aromatic carbocycles. The first kappa shape index (κ1) is 20.6. The molecule has 2 rings (SSSR count).